The van der Waals surface area contributed by atoms with Gasteiger partial charge in [-0.3, -0.25) is 4.79 Å². The fourth-order valence-electron chi connectivity index (χ4n) is 2.31. The van der Waals surface area contributed by atoms with Crippen molar-refractivity contribution < 1.29 is 9.53 Å². The van der Waals surface area contributed by atoms with Gasteiger partial charge in [-0.1, -0.05) is 13.8 Å². The fourth-order valence-corrected chi connectivity index (χ4v) is 2.31. The SMILES string of the molecule is COC(=O)C1CC(C)CC(C)C1. The molecule has 1 rings (SSSR count). The van der Waals surface area contributed by atoms with Crippen LogP contribution in [0.25, 0.3) is 0 Å². The third kappa shape index (κ3) is 2.23. The summed E-state index contributed by atoms with van der Waals surface area (Å²) in [4.78, 5) is 11.2. The van der Waals surface area contributed by atoms with Gasteiger partial charge < -0.3 is 4.74 Å². The monoisotopic (exact) mass is 170 g/mol. The molecule has 12 heavy (non-hydrogen) atoms. The smallest absolute Gasteiger partial charge is 0.308 e. The zero-order valence-electron chi connectivity index (χ0n) is 8.17. The first-order chi connectivity index (χ1) is 5.63. The quantitative estimate of drug-likeness (QED) is 0.564. The molecule has 0 spiro atoms. The summed E-state index contributed by atoms with van der Waals surface area (Å²) >= 11 is 0. The molecule has 0 aromatic carbocycles. The molecule has 0 aromatic rings. The lowest BCUT2D eigenvalue weighted by Gasteiger charge is -2.29. The molecule has 70 valence electrons. The summed E-state index contributed by atoms with van der Waals surface area (Å²) in [5, 5.41) is 0. The van der Waals surface area contributed by atoms with Gasteiger partial charge in [0.05, 0.1) is 13.0 Å². The van der Waals surface area contributed by atoms with Gasteiger partial charge in [-0.25, -0.2) is 0 Å². The second-order valence-corrected chi connectivity index (χ2v) is 4.14. The Labute approximate surface area is 74.3 Å². The molecule has 0 bridgehead atoms. The molecule has 0 aliphatic heterocycles. The van der Waals surface area contributed by atoms with Gasteiger partial charge in [-0.15, -0.1) is 0 Å². The minimum absolute atomic E-state index is 0.0200. The molecule has 1 saturated carbocycles. The second kappa shape index (κ2) is 3.92. The summed E-state index contributed by atoms with van der Waals surface area (Å²) in [6.07, 6.45) is 3.28. The molecular weight excluding hydrogens is 152 g/mol. The molecule has 1 fully saturated rings. The van der Waals surface area contributed by atoms with Crippen LogP contribution in [0.2, 0.25) is 0 Å². The number of ether oxygens (including phenoxy) is 1. The Hall–Kier alpha value is -0.530. The Balaban J connectivity index is 2.49. The topological polar surface area (TPSA) is 26.3 Å². The lowest BCUT2D eigenvalue weighted by atomic mass is 9.77. The van der Waals surface area contributed by atoms with E-state index in [2.05, 4.69) is 13.8 Å². The lowest BCUT2D eigenvalue weighted by Crippen LogP contribution is -2.26. The average Bonchev–Trinajstić information content (AvgIpc) is 2.01. The minimum Gasteiger partial charge on any atom is -0.469 e. The third-order valence-corrected chi connectivity index (χ3v) is 2.71. The Bertz CT molecular complexity index is 155. The van der Waals surface area contributed by atoms with Gasteiger partial charge in [-0.05, 0) is 31.1 Å². The molecule has 1 aliphatic carbocycles. The molecular formula is C10H18O2. The third-order valence-electron chi connectivity index (χ3n) is 2.71. The van der Waals surface area contributed by atoms with Crippen LogP contribution in [0, 0.1) is 17.8 Å². The molecule has 0 radical (unpaired) electrons. The minimum atomic E-state index is -0.0200. The zero-order valence-corrected chi connectivity index (χ0v) is 8.17. The summed E-state index contributed by atoms with van der Waals surface area (Å²) in [5.74, 6) is 1.50. The maximum absolute atomic E-state index is 11.2. The number of esters is 1. The number of rotatable bonds is 1. The summed E-state index contributed by atoms with van der Waals surface area (Å²) in [7, 11) is 1.48. The highest BCUT2D eigenvalue weighted by atomic mass is 16.5. The van der Waals surface area contributed by atoms with Gasteiger partial charge >= 0.3 is 5.97 Å². The van der Waals surface area contributed by atoms with Gasteiger partial charge in [-0.2, -0.15) is 0 Å². The van der Waals surface area contributed by atoms with E-state index in [9.17, 15) is 4.79 Å². The average molecular weight is 170 g/mol. The van der Waals surface area contributed by atoms with Crippen molar-refractivity contribution in [2.45, 2.75) is 33.1 Å². The fraction of sp³-hybridized carbons (Fsp3) is 0.900. The van der Waals surface area contributed by atoms with Crippen LogP contribution in [0.5, 0.6) is 0 Å². The molecule has 2 heteroatoms. The van der Waals surface area contributed by atoms with Crippen molar-refractivity contribution in [3.8, 4) is 0 Å². The van der Waals surface area contributed by atoms with Crippen molar-refractivity contribution in [3.05, 3.63) is 0 Å². The first-order valence-corrected chi connectivity index (χ1v) is 4.71. The first kappa shape index (κ1) is 9.56. The highest BCUT2D eigenvalue weighted by molar-refractivity contribution is 5.72. The zero-order chi connectivity index (χ0) is 9.14. The van der Waals surface area contributed by atoms with Crippen LogP contribution in [0.3, 0.4) is 0 Å². The van der Waals surface area contributed by atoms with Gasteiger partial charge in [0.15, 0.2) is 0 Å². The van der Waals surface area contributed by atoms with Gasteiger partial charge in [0.2, 0.25) is 0 Å². The van der Waals surface area contributed by atoms with E-state index in [1.165, 1.54) is 13.5 Å². The molecule has 2 atom stereocenters. The van der Waals surface area contributed by atoms with E-state index in [0.29, 0.717) is 11.8 Å². The number of hydrogen-bond donors (Lipinski definition) is 0. The van der Waals surface area contributed by atoms with Crippen molar-refractivity contribution in [2.75, 3.05) is 7.11 Å². The van der Waals surface area contributed by atoms with Crippen LogP contribution in [0.15, 0.2) is 0 Å². The standard InChI is InChI=1S/C10H18O2/c1-7-4-8(2)6-9(5-7)10(11)12-3/h7-9H,4-6H2,1-3H3. The van der Waals surface area contributed by atoms with Crippen molar-refractivity contribution in [1.29, 1.82) is 0 Å². The molecule has 2 unspecified atom stereocenters. The number of carbonyl (C=O) groups is 1. The lowest BCUT2D eigenvalue weighted by molar-refractivity contribution is -0.147. The van der Waals surface area contributed by atoms with Gasteiger partial charge in [0.1, 0.15) is 0 Å². The van der Waals surface area contributed by atoms with Crippen LogP contribution in [-0.4, -0.2) is 13.1 Å². The van der Waals surface area contributed by atoms with E-state index in [1.54, 1.807) is 0 Å². The summed E-state index contributed by atoms with van der Waals surface area (Å²) in [6.45, 7) is 4.43. The van der Waals surface area contributed by atoms with E-state index in [-0.39, 0.29) is 11.9 Å². The summed E-state index contributed by atoms with van der Waals surface area (Å²) in [6, 6.07) is 0. The van der Waals surface area contributed by atoms with E-state index in [4.69, 9.17) is 4.74 Å². The van der Waals surface area contributed by atoms with E-state index < -0.39 is 0 Å². The van der Waals surface area contributed by atoms with Crippen LogP contribution in [0.4, 0.5) is 0 Å². The van der Waals surface area contributed by atoms with E-state index >= 15 is 0 Å². The highest BCUT2D eigenvalue weighted by Crippen LogP contribution is 2.33. The second-order valence-electron chi connectivity index (χ2n) is 4.14. The molecule has 2 nitrogen and oxygen atoms in total. The largest absolute Gasteiger partial charge is 0.469 e. The van der Waals surface area contributed by atoms with Crippen LogP contribution in [0.1, 0.15) is 33.1 Å². The summed E-state index contributed by atoms with van der Waals surface area (Å²) < 4.78 is 4.75. The van der Waals surface area contributed by atoms with Crippen molar-refractivity contribution >= 4 is 5.97 Å². The predicted molar refractivity (Wildman–Crippen MR) is 47.7 cm³/mol. The number of methoxy groups -OCH3 is 1. The number of hydrogen-bond acceptors (Lipinski definition) is 2. The normalized spacial score (nSPS) is 36.1. The predicted octanol–water partition coefficient (Wildman–Crippen LogP) is 2.23. The Morgan fingerprint density at radius 1 is 1.17 bits per heavy atom. The highest BCUT2D eigenvalue weighted by Gasteiger charge is 2.29. The van der Waals surface area contributed by atoms with Crippen molar-refractivity contribution in [2.24, 2.45) is 17.8 Å². The maximum Gasteiger partial charge on any atom is 0.308 e. The van der Waals surface area contributed by atoms with Crippen LogP contribution in [-0.2, 0) is 9.53 Å². The molecule has 0 N–H and O–H groups in total. The van der Waals surface area contributed by atoms with Crippen molar-refractivity contribution in [1.82, 2.24) is 0 Å². The number of carbonyl (C=O) groups excluding carboxylic acids is 1. The summed E-state index contributed by atoms with van der Waals surface area (Å²) in [5.41, 5.74) is 0. The maximum atomic E-state index is 11.2. The molecule has 1 aliphatic rings. The van der Waals surface area contributed by atoms with E-state index in [1.807, 2.05) is 0 Å². The van der Waals surface area contributed by atoms with Crippen molar-refractivity contribution in [3.63, 3.8) is 0 Å². The Morgan fingerprint density at radius 3 is 2.08 bits per heavy atom. The van der Waals surface area contributed by atoms with E-state index in [0.717, 1.165) is 12.8 Å². The molecule has 0 heterocycles. The molecule has 0 amide bonds. The Morgan fingerprint density at radius 2 is 1.67 bits per heavy atom. The van der Waals surface area contributed by atoms with Crippen LogP contribution >= 0.6 is 0 Å². The first-order valence-electron chi connectivity index (χ1n) is 4.71. The van der Waals surface area contributed by atoms with Gasteiger partial charge in [0.25, 0.3) is 0 Å². The van der Waals surface area contributed by atoms with Gasteiger partial charge in [0, 0.05) is 0 Å². The molecule has 0 aromatic heterocycles. The Kier molecular flexibility index (Phi) is 3.12. The van der Waals surface area contributed by atoms with Crippen LogP contribution < -0.4 is 0 Å². The molecule has 0 saturated heterocycles.